The minimum absolute atomic E-state index is 0.0326. The van der Waals surface area contributed by atoms with E-state index in [1.165, 1.54) is 24.3 Å². The number of aromatic nitrogens is 4. The van der Waals surface area contributed by atoms with Crippen molar-refractivity contribution in [3.63, 3.8) is 0 Å². The molecule has 14 nitrogen and oxygen atoms in total. The van der Waals surface area contributed by atoms with Crippen LogP contribution in [-0.2, 0) is 19.8 Å². The molecule has 0 saturated carbocycles. The number of sulfonamides is 1. The number of imidazole rings is 1. The number of hydrogen-bond acceptors (Lipinski definition) is 12. The number of halogens is 1. The van der Waals surface area contributed by atoms with Crippen molar-refractivity contribution in [1.29, 1.82) is 0 Å². The second-order valence-corrected chi connectivity index (χ2v) is 9.78. The van der Waals surface area contributed by atoms with Crippen LogP contribution in [0.5, 0.6) is 5.75 Å². The van der Waals surface area contributed by atoms with Crippen LogP contribution in [-0.4, -0.2) is 79.2 Å². The number of fused-ring (bicyclic) bond motifs is 1. The summed E-state index contributed by atoms with van der Waals surface area (Å²) in [5, 5.41) is 37.8. The lowest BCUT2D eigenvalue weighted by Gasteiger charge is -2.32. The average Bonchev–Trinajstić information content (AvgIpc) is 3.28. The van der Waals surface area contributed by atoms with Gasteiger partial charge in [0.05, 0.1) is 12.2 Å². The van der Waals surface area contributed by atoms with Gasteiger partial charge in [-0.05, 0) is 12.1 Å². The topological polar surface area (TPSA) is 223 Å². The zero-order chi connectivity index (χ0) is 24.1. The first-order chi connectivity index (χ1) is 15.5. The van der Waals surface area contributed by atoms with Crippen molar-refractivity contribution in [2.45, 2.75) is 23.4 Å². The molecule has 7 N–H and O–H groups in total. The predicted octanol–water partition coefficient (Wildman–Crippen LogP) is -1.80. The molecule has 1 fully saturated rings. The third-order valence-corrected chi connectivity index (χ3v) is 7.31. The maximum atomic E-state index is 13.6. The van der Waals surface area contributed by atoms with Gasteiger partial charge in [-0.3, -0.25) is 9.36 Å². The number of nitrogen functional groups attached to an aromatic ring is 1. The molecule has 16 heteroatoms. The van der Waals surface area contributed by atoms with Crippen LogP contribution in [0.1, 0.15) is 10.4 Å². The number of ether oxygens (including phenoxy) is 1. The van der Waals surface area contributed by atoms with Crippen molar-refractivity contribution in [2.75, 3.05) is 12.3 Å². The summed E-state index contributed by atoms with van der Waals surface area (Å²) in [7, 11) is -5.09. The second kappa shape index (κ2) is 8.29. The number of nitrogens with two attached hydrogens (primary N) is 1. The molecule has 2 aromatic heterocycles. The molecule has 1 aliphatic rings. The van der Waals surface area contributed by atoms with Crippen molar-refractivity contribution < 1.29 is 38.4 Å². The van der Waals surface area contributed by atoms with Gasteiger partial charge in [-0.25, -0.2) is 28.1 Å². The van der Waals surface area contributed by atoms with Crippen molar-refractivity contribution >= 4 is 55.5 Å². The first-order valence-corrected chi connectivity index (χ1v) is 11.8. The summed E-state index contributed by atoms with van der Waals surface area (Å²) in [6.45, 7) is -0.857. The van der Waals surface area contributed by atoms with Crippen molar-refractivity contribution in [3.8, 4) is 5.75 Å². The lowest BCUT2D eigenvalue weighted by molar-refractivity contribution is -0.0847. The first kappa shape index (κ1) is 23.5. The van der Waals surface area contributed by atoms with Gasteiger partial charge in [0, 0.05) is 22.6 Å². The van der Waals surface area contributed by atoms with Crippen LogP contribution in [0.25, 0.3) is 11.2 Å². The van der Waals surface area contributed by atoms with Gasteiger partial charge in [-0.15, -0.1) is 0 Å². The van der Waals surface area contributed by atoms with E-state index in [0.29, 0.717) is 0 Å². The van der Waals surface area contributed by atoms with Gasteiger partial charge >= 0.3 is 5.06 Å². The number of aromatic hydroxyl groups is 1. The fraction of sp³-hybridized carbons (Fsp3) is 0.294. The Kier molecular flexibility index (Phi) is 5.91. The summed E-state index contributed by atoms with van der Waals surface area (Å²) in [5.41, 5.74) is 5.25. The third kappa shape index (κ3) is 3.58. The van der Waals surface area contributed by atoms with E-state index in [2.05, 4.69) is 15.0 Å². The fourth-order valence-electron chi connectivity index (χ4n) is 3.51. The van der Waals surface area contributed by atoms with Crippen molar-refractivity contribution in [1.82, 2.24) is 24.2 Å². The van der Waals surface area contributed by atoms with Gasteiger partial charge in [0.1, 0.15) is 35.9 Å². The number of anilines is 1. The van der Waals surface area contributed by atoms with Crippen LogP contribution in [0.15, 0.2) is 30.6 Å². The van der Waals surface area contributed by atoms with Gasteiger partial charge in [0.25, 0.3) is 15.9 Å². The molecular formula is C17H17IN6O8S. The quantitative estimate of drug-likeness (QED) is 0.143. The summed E-state index contributed by atoms with van der Waals surface area (Å²) in [6.07, 6.45) is -4.70. The SMILES string of the molecule is Nc1nc(I)nc2c1ncn2[C@]1(S(=O)(=O)NC(=O)c2ccccc2O)O[C@H](CO)[C@@H](O)[C@H]1O. The van der Waals surface area contributed by atoms with Crippen LogP contribution in [0.2, 0.25) is 0 Å². The molecule has 0 unspecified atom stereocenters. The maximum Gasteiger partial charge on any atom is 0.300 e. The van der Waals surface area contributed by atoms with Gasteiger partial charge in [0.2, 0.25) is 0 Å². The normalized spacial score (nSPS) is 25.4. The Labute approximate surface area is 199 Å². The van der Waals surface area contributed by atoms with Crippen molar-refractivity contribution in [3.05, 3.63) is 40.0 Å². The lowest BCUT2D eigenvalue weighted by atomic mass is 10.1. The number of phenols is 1. The van der Waals surface area contributed by atoms with E-state index in [1.54, 1.807) is 27.3 Å². The standard InChI is InChI=1S/C17H17IN6O8S/c18-16-21-13(19)10-14(22-16)24(6-20-10)17(12(28)11(27)9(5-25)32-17)33(30,31)23-15(29)7-3-1-2-4-8(7)26/h1-4,6,9,11-12,25-28H,5H2,(H,23,29)(H2,19,21,22)/t9-,11-,12-,17+/m1/s1. The molecule has 1 saturated heterocycles. The Balaban J connectivity index is 1.92. The van der Waals surface area contributed by atoms with E-state index in [4.69, 9.17) is 10.5 Å². The van der Waals surface area contributed by atoms with E-state index >= 15 is 0 Å². The number of rotatable bonds is 5. The molecule has 1 amide bonds. The fourth-order valence-corrected chi connectivity index (χ4v) is 5.60. The number of nitrogens with one attached hydrogen (secondary N) is 1. The maximum absolute atomic E-state index is 13.6. The van der Waals surface area contributed by atoms with Gasteiger partial charge in [-0.2, -0.15) is 0 Å². The highest BCUT2D eigenvalue weighted by Gasteiger charge is 2.65. The average molecular weight is 592 g/mol. The number of hydrogen-bond donors (Lipinski definition) is 6. The first-order valence-electron chi connectivity index (χ1n) is 9.19. The number of amides is 1. The molecule has 3 aromatic rings. The van der Waals surface area contributed by atoms with Crippen LogP contribution < -0.4 is 10.5 Å². The molecule has 0 radical (unpaired) electrons. The number of carbonyl (C=O) groups is 1. The Morgan fingerprint density at radius 3 is 2.64 bits per heavy atom. The molecule has 0 aliphatic carbocycles. The largest absolute Gasteiger partial charge is 0.507 e. The molecule has 1 aromatic carbocycles. The van der Waals surface area contributed by atoms with Gasteiger partial charge < -0.3 is 30.9 Å². The molecule has 1 aliphatic heterocycles. The number of phenolic OH excluding ortho intramolecular Hbond substituents is 1. The molecule has 4 rings (SSSR count). The summed E-state index contributed by atoms with van der Waals surface area (Å²) >= 11 is 1.73. The van der Waals surface area contributed by atoms with E-state index in [0.717, 1.165) is 10.9 Å². The highest BCUT2D eigenvalue weighted by molar-refractivity contribution is 14.1. The Morgan fingerprint density at radius 2 is 2.00 bits per heavy atom. The summed E-state index contributed by atoms with van der Waals surface area (Å²) in [5.74, 6) is -1.83. The summed E-state index contributed by atoms with van der Waals surface area (Å²) in [4.78, 5) is 24.7. The summed E-state index contributed by atoms with van der Waals surface area (Å²) in [6, 6.07) is 5.17. The molecule has 33 heavy (non-hydrogen) atoms. The molecule has 0 spiro atoms. The Bertz CT molecular complexity index is 1350. The zero-order valence-electron chi connectivity index (χ0n) is 16.4. The Morgan fingerprint density at radius 1 is 1.30 bits per heavy atom. The van der Waals surface area contributed by atoms with Gasteiger partial charge in [-0.1, -0.05) is 12.1 Å². The number of nitrogens with zero attached hydrogens (tertiary/aromatic N) is 4. The number of aliphatic hydroxyl groups is 3. The van der Waals surface area contributed by atoms with Crippen LogP contribution >= 0.6 is 22.6 Å². The van der Waals surface area contributed by atoms with Crippen LogP contribution in [0.3, 0.4) is 0 Å². The molecule has 176 valence electrons. The van der Waals surface area contributed by atoms with Crippen molar-refractivity contribution in [2.24, 2.45) is 0 Å². The van der Waals surface area contributed by atoms with Crippen LogP contribution in [0, 0.1) is 3.83 Å². The second-order valence-electron chi connectivity index (χ2n) is 7.02. The van der Waals surface area contributed by atoms with E-state index < -0.39 is 51.7 Å². The molecule has 3 heterocycles. The van der Waals surface area contributed by atoms with E-state index in [-0.39, 0.29) is 26.4 Å². The van der Waals surface area contributed by atoms with Crippen LogP contribution in [0.4, 0.5) is 5.82 Å². The number of para-hydroxylation sites is 1. The minimum Gasteiger partial charge on any atom is -0.507 e. The highest BCUT2D eigenvalue weighted by Crippen LogP contribution is 2.42. The number of carbonyl (C=O) groups excluding carboxylic acids is 1. The molecule has 0 bridgehead atoms. The summed E-state index contributed by atoms with van der Waals surface area (Å²) < 4.78 is 35.3. The highest BCUT2D eigenvalue weighted by atomic mass is 127. The molecular weight excluding hydrogens is 575 g/mol. The van der Waals surface area contributed by atoms with E-state index in [1.807, 2.05) is 0 Å². The third-order valence-electron chi connectivity index (χ3n) is 5.07. The van der Waals surface area contributed by atoms with Gasteiger partial charge in [0.15, 0.2) is 15.3 Å². The minimum atomic E-state index is -5.09. The lowest BCUT2D eigenvalue weighted by Crippen LogP contribution is -2.56. The Hall–Kier alpha value is -2.64. The number of aliphatic hydroxyl groups excluding tert-OH is 3. The predicted molar refractivity (Wildman–Crippen MR) is 119 cm³/mol. The monoisotopic (exact) mass is 592 g/mol. The zero-order valence-corrected chi connectivity index (χ0v) is 19.4. The smallest absolute Gasteiger partial charge is 0.300 e. The number of benzene rings is 1. The molecule has 4 atom stereocenters. The van der Waals surface area contributed by atoms with E-state index in [9.17, 15) is 33.6 Å².